The van der Waals surface area contributed by atoms with Crippen LogP contribution in [0.15, 0.2) is 0 Å². The monoisotopic (exact) mass is 252 g/mol. The van der Waals surface area contributed by atoms with Gasteiger partial charge in [-0.15, -0.1) is 0 Å². The Morgan fingerprint density at radius 3 is 2.61 bits per heavy atom. The third-order valence-electron chi connectivity index (χ3n) is 5.02. The molecule has 0 spiro atoms. The molecule has 18 heavy (non-hydrogen) atoms. The van der Waals surface area contributed by atoms with E-state index in [4.69, 9.17) is 4.74 Å². The maximum atomic E-state index is 6.00. The molecule has 2 saturated heterocycles. The summed E-state index contributed by atoms with van der Waals surface area (Å²) in [5.41, 5.74) is 0. The zero-order chi connectivity index (χ0) is 12.5. The summed E-state index contributed by atoms with van der Waals surface area (Å²) in [5.74, 6) is 0.646. The van der Waals surface area contributed by atoms with Crippen LogP contribution in [0.25, 0.3) is 0 Å². The van der Waals surface area contributed by atoms with Crippen molar-refractivity contribution in [3.05, 3.63) is 0 Å². The molecular formula is C15H28N2O. The van der Waals surface area contributed by atoms with Gasteiger partial charge in [-0.05, 0) is 25.2 Å². The summed E-state index contributed by atoms with van der Waals surface area (Å²) in [6, 6.07) is 2.20. The van der Waals surface area contributed by atoms with Crippen LogP contribution in [0.4, 0.5) is 0 Å². The van der Waals surface area contributed by atoms with Crippen LogP contribution in [0, 0.1) is 5.92 Å². The second-order valence-corrected chi connectivity index (χ2v) is 6.80. The molecule has 0 aromatic heterocycles. The lowest BCUT2D eigenvalue weighted by Gasteiger charge is -2.36. The predicted octanol–water partition coefficient (Wildman–Crippen LogP) is 2.02. The quantitative estimate of drug-likeness (QED) is 0.831. The lowest BCUT2D eigenvalue weighted by molar-refractivity contribution is -0.0683. The van der Waals surface area contributed by atoms with Gasteiger partial charge in [-0.3, -0.25) is 4.90 Å². The molecule has 3 rings (SSSR count). The van der Waals surface area contributed by atoms with E-state index in [0.29, 0.717) is 24.1 Å². The van der Waals surface area contributed by atoms with Crippen LogP contribution in [0.3, 0.4) is 0 Å². The van der Waals surface area contributed by atoms with E-state index in [9.17, 15) is 0 Å². The van der Waals surface area contributed by atoms with E-state index in [1.54, 1.807) is 0 Å². The Morgan fingerprint density at radius 2 is 1.89 bits per heavy atom. The first-order valence-corrected chi connectivity index (χ1v) is 7.84. The fourth-order valence-corrected chi connectivity index (χ4v) is 3.85. The molecule has 0 aromatic rings. The maximum Gasteiger partial charge on any atom is 0.0725 e. The Hall–Kier alpha value is -0.120. The molecule has 3 aliphatic rings. The number of morpholine rings is 1. The highest BCUT2D eigenvalue weighted by molar-refractivity contribution is 4.95. The summed E-state index contributed by atoms with van der Waals surface area (Å²) in [5, 5.41) is 3.88. The Balaban J connectivity index is 1.51. The highest BCUT2D eigenvalue weighted by Gasteiger charge is 2.38. The second-order valence-electron chi connectivity index (χ2n) is 6.80. The smallest absolute Gasteiger partial charge is 0.0725 e. The van der Waals surface area contributed by atoms with Gasteiger partial charge in [0.2, 0.25) is 0 Å². The van der Waals surface area contributed by atoms with Gasteiger partial charge in [-0.2, -0.15) is 0 Å². The van der Waals surface area contributed by atoms with Crippen molar-refractivity contribution in [1.29, 1.82) is 0 Å². The van der Waals surface area contributed by atoms with Crippen molar-refractivity contribution in [2.45, 2.75) is 70.2 Å². The van der Waals surface area contributed by atoms with Gasteiger partial charge in [-0.1, -0.05) is 26.7 Å². The number of rotatable bonds is 3. The number of ether oxygens (including phenoxy) is 1. The van der Waals surface area contributed by atoms with E-state index >= 15 is 0 Å². The van der Waals surface area contributed by atoms with Gasteiger partial charge in [0.25, 0.3) is 0 Å². The summed E-state index contributed by atoms with van der Waals surface area (Å²) in [6.07, 6.45) is 7.39. The van der Waals surface area contributed by atoms with Crippen molar-refractivity contribution >= 4 is 0 Å². The zero-order valence-corrected chi connectivity index (χ0v) is 11.9. The van der Waals surface area contributed by atoms with Gasteiger partial charge in [-0.25, -0.2) is 0 Å². The number of fused-ring (bicyclic) bond motifs is 1. The molecule has 3 fully saturated rings. The van der Waals surface area contributed by atoms with E-state index in [-0.39, 0.29) is 0 Å². The van der Waals surface area contributed by atoms with Crippen LogP contribution in [0.2, 0.25) is 0 Å². The van der Waals surface area contributed by atoms with Crippen molar-refractivity contribution < 1.29 is 4.74 Å². The van der Waals surface area contributed by atoms with E-state index in [1.165, 1.54) is 38.6 Å². The van der Waals surface area contributed by atoms with Crippen LogP contribution in [-0.4, -0.2) is 48.8 Å². The molecule has 3 heteroatoms. The van der Waals surface area contributed by atoms with Crippen LogP contribution in [0.5, 0.6) is 0 Å². The molecule has 0 amide bonds. The van der Waals surface area contributed by atoms with Gasteiger partial charge >= 0.3 is 0 Å². The predicted molar refractivity (Wildman–Crippen MR) is 73.7 cm³/mol. The SMILES string of the molecule is CC(C)[C@@H]1CN2C[C@@H](NC3CCCC3)C[C@H]2CO1. The van der Waals surface area contributed by atoms with Crippen LogP contribution >= 0.6 is 0 Å². The average Bonchev–Trinajstić information content (AvgIpc) is 2.96. The second kappa shape index (κ2) is 5.48. The largest absolute Gasteiger partial charge is 0.375 e. The molecule has 3 atom stereocenters. The van der Waals surface area contributed by atoms with Gasteiger partial charge in [0.15, 0.2) is 0 Å². The normalized spacial score (nSPS) is 38.5. The van der Waals surface area contributed by atoms with Crippen molar-refractivity contribution in [2.75, 3.05) is 19.7 Å². The molecule has 2 heterocycles. The fourth-order valence-electron chi connectivity index (χ4n) is 3.85. The number of hydrogen-bond acceptors (Lipinski definition) is 3. The van der Waals surface area contributed by atoms with Crippen molar-refractivity contribution in [3.63, 3.8) is 0 Å². The minimum Gasteiger partial charge on any atom is -0.375 e. The first-order valence-electron chi connectivity index (χ1n) is 7.84. The number of hydrogen-bond donors (Lipinski definition) is 1. The highest BCUT2D eigenvalue weighted by Crippen LogP contribution is 2.27. The van der Waals surface area contributed by atoms with Crippen molar-refractivity contribution in [1.82, 2.24) is 10.2 Å². The summed E-state index contributed by atoms with van der Waals surface area (Å²) in [6.45, 7) is 7.88. The van der Waals surface area contributed by atoms with E-state index in [0.717, 1.165) is 19.2 Å². The van der Waals surface area contributed by atoms with E-state index < -0.39 is 0 Å². The third-order valence-corrected chi connectivity index (χ3v) is 5.02. The van der Waals surface area contributed by atoms with E-state index in [2.05, 4.69) is 24.1 Å². The first kappa shape index (κ1) is 12.9. The topological polar surface area (TPSA) is 24.5 Å². The number of nitrogens with one attached hydrogen (secondary N) is 1. The van der Waals surface area contributed by atoms with E-state index in [1.807, 2.05) is 0 Å². The summed E-state index contributed by atoms with van der Waals surface area (Å²) < 4.78 is 6.00. The minimum absolute atomic E-state index is 0.450. The van der Waals surface area contributed by atoms with Gasteiger partial charge in [0.1, 0.15) is 0 Å². The number of nitrogens with zero attached hydrogens (tertiary/aromatic N) is 1. The molecule has 1 saturated carbocycles. The molecule has 1 aliphatic carbocycles. The molecule has 0 bridgehead atoms. The lowest BCUT2D eigenvalue weighted by atomic mass is 10.0. The molecule has 3 nitrogen and oxygen atoms in total. The fraction of sp³-hybridized carbons (Fsp3) is 1.00. The van der Waals surface area contributed by atoms with Crippen LogP contribution in [0.1, 0.15) is 46.0 Å². The molecule has 2 aliphatic heterocycles. The Bertz CT molecular complexity index is 276. The average molecular weight is 252 g/mol. The van der Waals surface area contributed by atoms with Gasteiger partial charge in [0.05, 0.1) is 12.7 Å². The maximum absolute atomic E-state index is 6.00. The van der Waals surface area contributed by atoms with Crippen molar-refractivity contribution in [2.24, 2.45) is 5.92 Å². The molecule has 0 radical (unpaired) electrons. The van der Waals surface area contributed by atoms with Crippen LogP contribution < -0.4 is 5.32 Å². The van der Waals surface area contributed by atoms with Crippen LogP contribution in [-0.2, 0) is 4.74 Å². The zero-order valence-electron chi connectivity index (χ0n) is 11.9. The molecule has 1 N–H and O–H groups in total. The Morgan fingerprint density at radius 1 is 1.11 bits per heavy atom. The summed E-state index contributed by atoms with van der Waals surface area (Å²) >= 11 is 0. The Labute approximate surface area is 111 Å². The highest BCUT2D eigenvalue weighted by atomic mass is 16.5. The molecule has 104 valence electrons. The van der Waals surface area contributed by atoms with Crippen molar-refractivity contribution in [3.8, 4) is 0 Å². The lowest BCUT2D eigenvalue weighted by Crippen LogP contribution is -2.48. The Kier molecular flexibility index (Phi) is 3.92. The minimum atomic E-state index is 0.450. The summed E-state index contributed by atoms with van der Waals surface area (Å²) in [7, 11) is 0. The third kappa shape index (κ3) is 2.73. The summed E-state index contributed by atoms with van der Waals surface area (Å²) in [4.78, 5) is 2.67. The van der Waals surface area contributed by atoms with Gasteiger partial charge in [0, 0.05) is 31.2 Å². The molecule has 0 unspecified atom stereocenters. The standard InChI is InChI=1S/C15H28N2O/c1-11(2)15-9-17-8-13(7-14(17)10-18-15)16-12-5-3-4-6-12/h11-16H,3-10H2,1-2H3/t13-,14-,15-/m0/s1. The van der Waals surface area contributed by atoms with Gasteiger partial charge < -0.3 is 10.1 Å². The molecule has 0 aromatic carbocycles. The first-order chi connectivity index (χ1) is 8.72. The molecular weight excluding hydrogens is 224 g/mol.